The van der Waals surface area contributed by atoms with Gasteiger partial charge in [-0.05, 0) is 44.9 Å². The maximum atomic E-state index is 6.18. The van der Waals surface area contributed by atoms with Gasteiger partial charge in [-0.15, -0.1) is 11.3 Å². The van der Waals surface area contributed by atoms with Crippen LogP contribution in [0.5, 0.6) is 0 Å². The van der Waals surface area contributed by atoms with Gasteiger partial charge >= 0.3 is 0 Å². The van der Waals surface area contributed by atoms with Crippen LogP contribution in [0.15, 0.2) is 12.1 Å². The van der Waals surface area contributed by atoms with E-state index in [9.17, 15) is 0 Å². The first-order valence-electron chi connectivity index (χ1n) is 6.79. The lowest BCUT2D eigenvalue weighted by Gasteiger charge is -2.32. The summed E-state index contributed by atoms with van der Waals surface area (Å²) >= 11 is 7.70. The molecule has 2 N–H and O–H groups in total. The number of thiophene rings is 1. The van der Waals surface area contributed by atoms with Crippen LogP contribution in [-0.2, 0) is 0 Å². The molecule has 2 nitrogen and oxygen atoms in total. The van der Waals surface area contributed by atoms with Crippen molar-refractivity contribution in [3.8, 4) is 0 Å². The average Bonchev–Trinajstić information content (AvgIpc) is 2.90. The number of halogens is 1. The molecule has 1 aromatic rings. The highest BCUT2D eigenvalue weighted by molar-refractivity contribution is 7.16. The highest BCUT2D eigenvalue weighted by Gasteiger charge is 2.26. The van der Waals surface area contributed by atoms with Crippen molar-refractivity contribution in [2.24, 2.45) is 11.7 Å². The number of nitrogens with two attached hydrogens (primary N) is 1. The minimum atomic E-state index is 0.131. The smallest absolute Gasteiger partial charge is 0.0931 e. The summed E-state index contributed by atoms with van der Waals surface area (Å²) in [6.07, 6.45) is 5.54. The van der Waals surface area contributed by atoms with Crippen molar-refractivity contribution in [2.45, 2.75) is 44.7 Å². The summed E-state index contributed by atoms with van der Waals surface area (Å²) in [6.45, 7) is 3.24. The van der Waals surface area contributed by atoms with Crippen LogP contribution < -0.4 is 5.73 Å². The van der Waals surface area contributed by atoms with Gasteiger partial charge in [0.2, 0.25) is 0 Å². The molecule has 2 unspecified atom stereocenters. The molecule has 0 amide bonds. The van der Waals surface area contributed by atoms with Crippen molar-refractivity contribution in [1.29, 1.82) is 0 Å². The second-order valence-electron chi connectivity index (χ2n) is 5.54. The van der Waals surface area contributed by atoms with Gasteiger partial charge < -0.3 is 5.73 Å². The lowest BCUT2D eigenvalue weighted by atomic mass is 10.0. The van der Waals surface area contributed by atoms with E-state index in [4.69, 9.17) is 17.3 Å². The molecule has 1 fully saturated rings. The van der Waals surface area contributed by atoms with Crippen molar-refractivity contribution in [3.05, 3.63) is 21.3 Å². The third kappa shape index (κ3) is 3.47. The Bertz CT molecular complexity index is 372. The topological polar surface area (TPSA) is 29.3 Å². The predicted molar refractivity (Wildman–Crippen MR) is 80.3 cm³/mol. The zero-order chi connectivity index (χ0) is 13.1. The summed E-state index contributed by atoms with van der Waals surface area (Å²) < 4.78 is 0.852. The van der Waals surface area contributed by atoms with Crippen molar-refractivity contribution in [2.75, 3.05) is 13.6 Å². The molecule has 1 aliphatic rings. The van der Waals surface area contributed by atoms with Crippen molar-refractivity contribution < 1.29 is 0 Å². The zero-order valence-electron chi connectivity index (χ0n) is 11.2. The summed E-state index contributed by atoms with van der Waals surface area (Å²) in [5.74, 6) is 0.853. The van der Waals surface area contributed by atoms with Crippen LogP contribution in [0, 0.1) is 5.92 Å². The highest BCUT2D eigenvalue weighted by Crippen LogP contribution is 2.33. The molecule has 0 spiro atoms. The first-order valence-corrected chi connectivity index (χ1v) is 7.98. The van der Waals surface area contributed by atoms with Crippen molar-refractivity contribution >= 4 is 22.9 Å². The van der Waals surface area contributed by atoms with Crippen molar-refractivity contribution in [1.82, 2.24) is 4.90 Å². The quantitative estimate of drug-likeness (QED) is 0.889. The van der Waals surface area contributed by atoms with Gasteiger partial charge in [-0.2, -0.15) is 0 Å². The van der Waals surface area contributed by atoms with E-state index < -0.39 is 0 Å². The third-order valence-electron chi connectivity index (χ3n) is 3.88. The van der Waals surface area contributed by atoms with Crippen LogP contribution in [-0.4, -0.2) is 24.5 Å². The molecule has 1 aliphatic carbocycles. The minimum absolute atomic E-state index is 0.131. The van der Waals surface area contributed by atoms with Crippen LogP contribution in [0.1, 0.15) is 43.5 Å². The summed E-state index contributed by atoms with van der Waals surface area (Å²) in [5.41, 5.74) is 6.18. The van der Waals surface area contributed by atoms with E-state index >= 15 is 0 Å². The van der Waals surface area contributed by atoms with Crippen molar-refractivity contribution in [3.63, 3.8) is 0 Å². The highest BCUT2D eigenvalue weighted by atomic mass is 35.5. The fourth-order valence-corrected chi connectivity index (χ4v) is 4.42. The molecule has 0 aliphatic heterocycles. The van der Waals surface area contributed by atoms with Gasteiger partial charge in [-0.25, -0.2) is 0 Å². The maximum Gasteiger partial charge on any atom is 0.0931 e. The zero-order valence-corrected chi connectivity index (χ0v) is 12.8. The minimum Gasteiger partial charge on any atom is -0.326 e. The summed E-state index contributed by atoms with van der Waals surface area (Å²) in [4.78, 5) is 3.71. The van der Waals surface area contributed by atoms with E-state index in [2.05, 4.69) is 24.9 Å². The van der Waals surface area contributed by atoms with Crippen LogP contribution in [0.25, 0.3) is 0 Å². The van der Waals surface area contributed by atoms with Gasteiger partial charge in [-0.3, -0.25) is 4.90 Å². The van der Waals surface area contributed by atoms with Gasteiger partial charge in [0.05, 0.1) is 10.4 Å². The van der Waals surface area contributed by atoms with Crippen LogP contribution in [0.4, 0.5) is 0 Å². The number of hydrogen-bond acceptors (Lipinski definition) is 3. The summed E-state index contributed by atoms with van der Waals surface area (Å²) in [5, 5.41) is 0. The van der Waals surface area contributed by atoms with Gasteiger partial charge in [0.1, 0.15) is 0 Å². The fourth-order valence-electron chi connectivity index (χ4n) is 3.08. The Labute approximate surface area is 119 Å². The number of hydrogen-bond donors (Lipinski definition) is 1. The normalized spacial score (nSPS) is 20.5. The SMILES string of the molecule is CC(N)C(c1ccc(Cl)s1)N(C)CC1CCCC1. The first kappa shape index (κ1) is 14.3. The Hall–Kier alpha value is -0.0900. The molecule has 1 saturated carbocycles. The molecule has 0 radical (unpaired) electrons. The molecule has 0 saturated heterocycles. The molecule has 102 valence electrons. The molecule has 4 heteroatoms. The molecule has 0 bridgehead atoms. The Balaban J connectivity index is 2.04. The molecule has 1 heterocycles. The van der Waals surface area contributed by atoms with Gasteiger partial charge in [0.25, 0.3) is 0 Å². The van der Waals surface area contributed by atoms with Gasteiger partial charge in [-0.1, -0.05) is 24.4 Å². The Kier molecular flexibility index (Phi) is 5.07. The molecule has 18 heavy (non-hydrogen) atoms. The van der Waals surface area contributed by atoms with E-state index in [1.807, 2.05) is 6.07 Å². The van der Waals surface area contributed by atoms with E-state index in [0.717, 1.165) is 16.8 Å². The average molecular weight is 287 g/mol. The Morgan fingerprint density at radius 1 is 1.44 bits per heavy atom. The van der Waals surface area contributed by atoms with Gasteiger partial charge in [0.15, 0.2) is 0 Å². The molecular weight excluding hydrogens is 264 g/mol. The van der Waals surface area contributed by atoms with Crippen LogP contribution in [0.3, 0.4) is 0 Å². The van der Waals surface area contributed by atoms with E-state index in [1.54, 1.807) is 11.3 Å². The van der Waals surface area contributed by atoms with E-state index in [0.29, 0.717) is 6.04 Å². The first-order chi connectivity index (χ1) is 8.58. The fraction of sp³-hybridized carbons (Fsp3) is 0.714. The largest absolute Gasteiger partial charge is 0.326 e. The third-order valence-corrected chi connectivity index (χ3v) is 5.18. The predicted octanol–water partition coefficient (Wildman–Crippen LogP) is 3.91. The summed E-state index contributed by atoms with van der Waals surface area (Å²) in [7, 11) is 2.19. The standard InChI is InChI=1S/C14H23ClN2S/c1-10(16)14(12-7-8-13(15)18-12)17(2)9-11-5-3-4-6-11/h7-8,10-11,14H,3-6,9,16H2,1-2H3. The second kappa shape index (κ2) is 6.38. The van der Waals surface area contributed by atoms with E-state index in [-0.39, 0.29) is 6.04 Å². The van der Waals surface area contributed by atoms with E-state index in [1.165, 1.54) is 30.6 Å². The second-order valence-corrected chi connectivity index (χ2v) is 7.28. The maximum absolute atomic E-state index is 6.18. The molecule has 2 atom stereocenters. The number of likely N-dealkylation sites (N-methyl/N-ethyl adjacent to an activating group) is 1. The van der Waals surface area contributed by atoms with Gasteiger partial charge in [0, 0.05) is 17.5 Å². The molecule has 1 aromatic heterocycles. The number of nitrogens with zero attached hydrogens (tertiary/aromatic N) is 1. The molecular formula is C14H23ClN2S. The Morgan fingerprint density at radius 2 is 2.11 bits per heavy atom. The summed E-state index contributed by atoms with van der Waals surface area (Å²) in [6, 6.07) is 4.52. The van der Waals surface area contributed by atoms with Crippen LogP contribution in [0.2, 0.25) is 4.34 Å². The lowest BCUT2D eigenvalue weighted by Crippen LogP contribution is -2.38. The molecule has 0 aromatic carbocycles. The lowest BCUT2D eigenvalue weighted by molar-refractivity contribution is 0.190. The number of rotatable bonds is 5. The molecule has 2 rings (SSSR count). The monoisotopic (exact) mass is 286 g/mol. The Morgan fingerprint density at radius 3 is 2.61 bits per heavy atom. The van der Waals surface area contributed by atoms with Crippen LogP contribution >= 0.6 is 22.9 Å².